The number of amides is 2. The quantitative estimate of drug-likeness (QED) is 0.0609. The second-order valence-corrected chi connectivity index (χ2v) is 16.1. The van der Waals surface area contributed by atoms with Gasteiger partial charge in [-0.15, -0.1) is 0 Å². The number of carbonyl (C=O) groups excluding carboxylic acids is 2. The number of nitrogens with two attached hydrogens (primary N) is 2. The van der Waals surface area contributed by atoms with Gasteiger partial charge in [-0.05, 0) is 61.4 Å². The minimum Gasteiger partial charge on any atom is -0.399 e. The Bertz CT molecular complexity index is 1070. The molecule has 0 aliphatic heterocycles. The third-order valence-electron chi connectivity index (χ3n) is 7.86. The fourth-order valence-electron chi connectivity index (χ4n) is 5.07. The van der Waals surface area contributed by atoms with Crippen molar-refractivity contribution in [1.29, 1.82) is 0 Å². The Morgan fingerprint density at radius 1 is 0.630 bits per heavy atom. The molecule has 0 aromatic heterocycles. The molecule has 0 unspecified atom stereocenters. The number of nitrogens with one attached hydrogen (secondary N) is 2. The monoisotopic (exact) mass is 676 g/mol. The number of quaternary nitrogens is 2. The number of rotatable bonds is 23. The Balaban J connectivity index is 1.44. The molecule has 0 radical (unpaired) electrons. The molecule has 0 atom stereocenters. The zero-order valence-electron chi connectivity index (χ0n) is 29.1. The van der Waals surface area contributed by atoms with Crippen molar-refractivity contribution in [3.8, 4) is 0 Å². The molecule has 0 spiro atoms. The summed E-state index contributed by atoms with van der Waals surface area (Å²) in [6, 6.07) is 15.8. The lowest BCUT2D eigenvalue weighted by molar-refractivity contribution is -0.882. The zero-order chi connectivity index (χ0) is 34.0. The summed E-state index contributed by atoms with van der Waals surface area (Å²) in [5.74, 6) is 2.20. The number of nitrogen functional groups attached to an aromatic ring is 2. The topological polar surface area (TPSA) is 117 Å². The Morgan fingerprint density at radius 2 is 0.978 bits per heavy atom. The van der Waals surface area contributed by atoms with Crippen LogP contribution >= 0.6 is 21.6 Å². The Labute approximate surface area is 286 Å². The van der Waals surface area contributed by atoms with Gasteiger partial charge in [0.1, 0.15) is 0 Å². The van der Waals surface area contributed by atoms with Crippen LogP contribution in [0.5, 0.6) is 0 Å². The molecule has 10 nitrogen and oxygen atoms in total. The standard InChI is InChI=1S/C34H58N8O2S2/c1-39(31-15-11-29(35)12-16-31)21-9-23-41(3,4)27-33(43)37-19-7-25-45-46-26-8-20-38-34(44)28-42(5,6)24-10-22-40(2)32-17-13-30(36)14-18-32/h11-18H,7-10,19-28,35-36H2,1-6H3/p+2. The largest absolute Gasteiger partial charge is 0.399 e. The Hall–Kier alpha value is -2.80. The molecule has 0 heterocycles. The summed E-state index contributed by atoms with van der Waals surface area (Å²) < 4.78 is 1.34. The van der Waals surface area contributed by atoms with Gasteiger partial charge in [-0.1, -0.05) is 21.6 Å². The average molecular weight is 677 g/mol. The lowest BCUT2D eigenvalue weighted by Crippen LogP contribution is -2.48. The lowest BCUT2D eigenvalue weighted by Gasteiger charge is -2.30. The summed E-state index contributed by atoms with van der Waals surface area (Å²) in [6.07, 6.45) is 3.90. The van der Waals surface area contributed by atoms with Crippen molar-refractivity contribution in [1.82, 2.24) is 10.6 Å². The van der Waals surface area contributed by atoms with Gasteiger partial charge in [0.25, 0.3) is 11.8 Å². The molecule has 258 valence electrons. The van der Waals surface area contributed by atoms with Crippen molar-refractivity contribution in [3.63, 3.8) is 0 Å². The van der Waals surface area contributed by atoms with Crippen molar-refractivity contribution in [3.05, 3.63) is 48.5 Å². The van der Waals surface area contributed by atoms with Crippen LogP contribution in [0.3, 0.4) is 0 Å². The number of benzene rings is 2. The maximum atomic E-state index is 12.5. The summed E-state index contributed by atoms with van der Waals surface area (Å²) in [5.41, 5.74) is 15.4. The lowest BCUT2D eigenvalue weighted by atomic mass is 10.2. The summed E-state index contributed by atoms with van der Waals surface area (Å²) in [7, 11) is 16.3. The molecule has 6 N–H and O–H groups in total. The van der Waals surface area contributed by atoms with E-state index in [2.05, 4.69) is 62.7 Å². The summed E-state index contributed by atoms with van der Waals surface area (Å²) >= 11 is 0. The molecule has 0 fully saturated rings. The minimum absolute atomic E-state index is 0.109. The second kappa shape index (κ2) is 20.4. The maximum absolute atomic E-state index is 12.5. The van der Waals surface area contributed by atoms with Gasteiger partial charge in [-0.3, -0.25) is 9.59 Å². The number of anilines is 4. The first-order valence-corrected chi connectivity index (χ1v) is 18.8. The van der Waals surface area contributed by atoms with E-state index in [0.717, 1.165) is 86.1 Å². The third-order valence-corrected chi connectivity index (χ3v) is 10.4. The molecule has 2 aromatic carbocycles. The highest BCUT2D eigenvalue weighted by Gasteiger charge is 2.21. The first kappa shape index (κ1) is 39.4. The van der Waals surface area contributed by atoms with E-state index in [9.17, 15) is 9.59 Å². The highest BCUT2D eigenvalue weighted by Crippen LogP contribution is 2.22. The van der Waals surface area contributed by atoms with Crippen molar-refractivity contribution >= 4 is 56.2 Å². The van der Waals surface area contributed by atoms with Gasteiger partial charge >= 0.3 is 0 Å². The Kier molecular flexibility index (Phi) is 17.5. The molecule has 0 saturated carbocycles. The third kappa shape index (κ3) is 17.2. The smallest absolute Gasteiger partial charge is 0.275 e. The van der Waals surface area contributed by atoms with Crippen molar-refractivity contribution in [2.24, 2.45) is 0 Å². The molecule has 2 amide bonds. The van der Waals surface area contributed by atoms with Gasteiger partial charge in [-0.2, -0.15) is 0 Å². The summed E-state index contributed by atoms with van der Waals surface area (Å²) in [4.78, 5) is 29.4. The van der Waals surface area contributed by atoms with Crippen LogP contribution in [0, 0.1) is 0 Å². The van der Waals surface area contributed by atoms with Crippen LogP contribution in [-0.2, 0) is 9.59 Å². The van der Waals surface area contributed by atoms with Crippen LogP contribution in [0.2, 0.25) is 0 Å². The summed E-state index contributed by atoms with van der Waals surface area (Å²) in [5, 5.41) is 6.17. The van der Waals surface area contributed by atoms with Gasteiger partial charge in [-0.25, -0.2) is 0 Å². The predicted octanol–water partition coefficient (Wildman–Crippen LogP) is 3.75. The zero-order valence-corrected chi connectivity index (χ0v) is 30.7. The van der Waals surface area contributed by atoms with Crippen LogP contribution in [0.25, 0.3) is 0 Å². The number of nitrogens with zero attached hydrogens (tertiary/aromatic N) is 4. The number of carbonyl (C=O) groups is 2. The van der Waals surface area contributed by atoms with Crippen LogP contribution in [0.4, 0.5) is 22.7 Å². The molecule has 0 aliphatic carbocycles. The molecular weight excluding hydrogens is 617 g/mol. The first-order valence-electron chi connectivity index (χ1n) is 16.3. The molecule has 2 aromatic rings. The number of hydrogen-bond donors (Lipinski definition) is 4. The van der Waals surface area contributed by atoms with Gasteiger partial charge in [0.05, 0.1) is 41.3 Å². The number of hydrogen-bond acceptors (Lipinski definition) is 8. The highest BCUT2D eigenvalue weighted by molar-refractivity contribution is 8.76. The molecular formula is C34H60N8O2S2+2. The first-order chi connectivity index (χ1) is 21.8. The van der Waals surface area contributed by atoms with Crippen LogP contribution in [0.15, 0.2) is 48.5 Å². The van der Waals surface area contributed by atoms with Gasteiger partial charge in [0.2, 0.25) is 0 Å². The van der Waals surface area contributed by atoms with E-state index in [4.69, 9.17) is 11.5 Å². The van der Waals surface area contributed by atoms with E-state index < -0.39 is 0 Å². The summed E-state index contributed by atoms with van der Waals surface area (Å²) in [6.45, 7) is 6.09. The van der Waals surface area contributed by atoms with Crippen LogP contribution in [-0.4, -0.2) is 127 Å². The van der Waals surface area contributed by atoms with E-state index in [-0.39, 0.29) is 11.8 Å². The van der Waals surface area contributed by atoms with E-state index in [1.165, 1.54) is 0 Å². The van der Waals surface area contributed by atoms with Crippen LogP contribution in [0.1, 0.15) is 25.7 Å². The SMILES string of the molecule is CN(CCC[N+](C)(C)CC(=O)NCCCSSCCCNC(=O)C[N+](C)(C)CCCN(C)c1ccc(N)cc1)c1ccc(N)cc1. The highest BCUT2D eigenvalue weighted by atomic mass is 33.1. The van der Waals surface area contributed by atoms with E-state index in [0.29, 0.717) is 35.1 Å². The van der Waals surface area contributed by atoms with Crippen molar-refractivity contribution in [2.75, 3.05) is 127 Å². The fraction of sp³-hybridized carbons (Fsp3) is 0.588. The molecule has 0 saturated heterocycles. The second-order valence-electron chi connectivity index (χ2n) is 13.4. The van der Waals surface area contributed by atoms with Gasteiger partial charge in [0.15, 0.2) is 13.1 Å². The normalized spacial score (nSPS) is 11.7. The molecule has 2 rings (SSSR count). The van der Waals surface area contributed by atoms with E-state index in [1.807, 2.05) is 70.1 Å². The molecule has 0 aliphatic rings. The molecule has 12 heteroatoms. The van der Waals surface area contributed by atoms with Crippen molar-refractivity contribution < 1.29 is 18.6 Å². The fourth-order valence-corrected chi connectivity index (χ4v) is 7.25. The van der Waals surface area contributed by atoms with Crippen molar-refractivity contribution in [2.45, 2.75) is 25.7 Å². The maximum Gasteiger partial charge on any atom is 0.275 e. The van der Waals surface area contributed by atoms with Gasteiger partial charge < -0.3 is 40.9 Å². The van der Waals surface area contributed by atoms with Crippen LogP contribution < -0.4 is 31.9 Å². The Morgan fingerprint density at radius 3 is 1.33 bits per heavy atom. The molecule has 0 bridgehead atoms. The average Bonchev–Trinajstić information content (AvgIpc) is 2.98. The number of likely N-dealkylation sites (N-methyl/N-ethyl adjacent to an activating group) is 2. The van der Waals surface area contributed by atoms with E-state index >= 15 is 0 Å². The minimum atomic E-state index is 0.109. The predicted molar refractivity (Wildman–Crippen MR) is 201 cm³/mol. The van der Waals surface area contributed by atoms with Gasteiger partial charge in [0, 0.05) is 87.4 Å². The molecule has 46 heavy (non-hydrogen) atoms. The van der Waals surface area contributed by atoms with E-state index in [1.54, 1.807) is 0 Å².